The molecule has 1 N–H and O–H groups in total. The Hall–Kier alpha value is -2.11. The van der Waals surface area contributed by atoms with Crippen LogP contribution in [0.3, 0.4) is 0 Å². The summed E-state index contributed by atoms with van der Waals surface area (Å²) in [7, 11) is 2.14. The van der Waals surface area contributed by atoms with Crippen LogP contribution in [0.15, 0.2) is 47.2 Å². The predicted octanol–water partition coefficient (Wildman–Crippen LogP) is 3.15. The van der Waals surface area contributed by atoms with E-state index >= 15 is 0 Å². The van der Waals surface area contributed by atoms with E-state index in [0.29, 0.717) is 0 Å². The monoisotopic (exact) mass is 327 g/mol. The smallest absolute Gasteiger partial charge is 0.248 e. The van der Waals surface area contributed by atoms with E-state index < -0.39 is 0 Å². The molecule has 0 radical (unpaired) electrons. The summed E-state index contributed by atoms with van der Waals surface area (Å²) in [6, 6.07) is 10.0. The molecule has 0 aliphatic carbocycles. The zero-order chi connectivity index (χ0) is 16.1. The summed E-state index contributed by atoms with van der Waals surface area (Å²) in [5.74, 6) is -0.0993. The second kappa shape index (κ2) is 7.44. The normalized spacial score (nSPS) is 16.0. The van der Waals surface area contributed by atoms with Gasteiger partial charge in [0.05, 0.1) is 11.4 Å². The molecule has 1 aromatic carbocycles. The summed E-state index contributed by atoms with van der Waals surface area (Å²) in [6.45, 7) is 4.04. The second-order valence-corrected chi connectivity index (χ2v) is 6.47. The van der Waals surface area contributed by atoms with Crippen LogP contribution in [0.5, 0.6) is 0 Å². The fourth-order valence-electron chi connectivity index (χ4n) is 2.62. The average Bonchev–Trinajstić information content (AvgIpc) is 3.08. The van der Waals surface area contributed by atoms with Crippen molar-refractivity contribution in [2.45, 2.75) is 0 Å². The van der Waals surface area contributed by atoms with Crippen LogP contribution in [-0.4, -0.2) is 44.0 Å². The highest BCUT2D eigenvalue weighted by atomic mass is 32.1. The molecule has 23 heavy (non-hydrogen) atoms. The Kier molecular flexibility index (Phi) is 5.10. The van der Waals surface area contributed by atoms with E-state index in [-0.39, 0.29) is 5.91 Å². The third-order valence-electron chi connectivity index (χ3n) is 3.98. The zero-order valence-corrected chi connectivity index (χ0v) is 14.1. The molecule has 0 spiro atoms. The van der Waals surface area contributed by atoms with Crippen molar-refractivity contribution in [1.29, 1.82) is 0 Å². The molecule has 1 aromatic heterocycles. The first-order valence-electron chi connectivity index (χ1n) is 7.76. The number of nitrogens with one attached hydrogen (secondary N) is 1. The van der Waals surface area contributed by atoms with Crippen molar-refractivity contribution in [2.75, 3.05) is 43.4 Å². The first-order chi connectivity index (χ1) is 11.2. The van der Waals surface area contributed by atoms with Crippen molar-refractivity contribution in [3.8, 4) is 0 Å². The lowest BCUT2D eigenvalue weighted by Crippen LogP contribution is -2.44. The molecule has 120 valence electrons. The lowest BCUT2D eigenvalue weighted by Gasteiger charge is -2.35. The molecule has 0 saturated carbocycles. The van der Waals surface area contributed by atoms with Gasteiger partial charge in [0.25, 0.3) is 0 Å². The van der Waals surface area contributed by atoms with Gasteiger partial charge in [0.15, 0.2) is 0 Å². The third-order valence-corrected chi connectivity index (χ3v) is 4.68. The van der Waals surface area contributed by atoms with Gasteiger partial charge < -0.3 is 15.1 Å². The van der Waals surface area contributed by atoms with Gasteiger partial charge in [-0.1, -0.05) is 12.1 Å². The van der Waals surface area contributed by atoms with E-state index in [0.717, 1.165) is 43.1 Å². The second-order valence-electron chi connectivity index (χ2n) is 5.69. The molecular formula is C18H21N3OS. The number of hydrogen-bond donors (Lipinski definition) is 1. The number of nitrogens with zero attached hydrogens (tertiary/aromatic N) is 2. The molecule has 1 aliphatic rings. The predicted molar refractivity (Wildman–Crippen MR) is 98.1 cm³/mol. The van der Waals surface area contributed by atoms with Crippen LogP contribution >= 0.6 is 11.3 Å². The Balaban J connectivity index is 1.69. The molecular weight excluding hydrogens is 306 g/mol. The molecule has 5 heteroatoms. The average molecular weight is 327 g/mol. The number of hydrogen-bond acceptors (Lipinski definition) is 4. The number of para-hydroxylation sites is 2. The van der Waals surface area contributed by atoms with Gasteiger partial charge >= 0.3 is 0 Å². The van der Waals surface area contributed by atoms with Gasteiger partial charge in [0.2, 0.25) is 5.91 Å². The van der Waals surface area contributed by atoms with Crippen molar-refractivity contribution >= 4 is 34.7 Å². The van der Waals surface area contributed by atoms with E-state index in [9.17, 15) is 4.79 Å². The van der Waals surface area contributed by atoms with Crippen molar-refractivity contribution in [2.24, 2.45) is 0 Å². The topological polar surface area (TPSA) is 35.6 Å². The highest BCUT2D eigenvalue weighted by Crippen LogP contribution is 2.26. The van der Waals surface area contributed by atoms with E-state index in [1.165, 1.54) is 0 Å². The molecule has 1 saturated heterocycles. The molecule has 0 unspecified atom stereocenters. The van der Waals surface area contributed by atoms with E-state index in [1.54, 1.807) is 17.4 Å². The lowest BCUT2D eigenvalue weighted by atomic mass is 10.2. The number of likely N-dealkylation sites (N-methyl/N-ethyl adjacent to an activating group) is 1. The summed E-state index contributed by atoms with van der Waals surface area (Å²) >= 11 is 1.62. The van der Waals surface area contributed by atoms with Gasteiger partial charge in [-0.3, -0.25) is 4.79 Å². The maximum Gasteiger partial charge on any atom is 0.248 e. The summed E-state index contributed by atoms with van der Waals surface area (Å²) in [5, 5.41) is 7.02. The fourth-order valence-corrected chi connectivity index (χ4v) is 3.25. The fraction of sp³-hybridized carbons (Fsp3) is 0.278. The van der Waals surface area contributed by atoms with E-state index in [1.807, 2.05) is 41.1 Å². The Morgan fingerprint density at radius 3 is 2.70 bits per heavy atom. The zero-order valence-electron chi connectivity index (χ0n) is 13.2. The molecule has 4 nitrogen and oxygen atoms in total. The van der Waals surface area contributed by atoms with Crippen LogP contribution in [0, 0.1) is 0 Å². The van der Waals surface area contributed by atoms with Crippen molar-refractivity contribution in [3.05, 3.63) is 52.7 Å². The first kappa shape index (κ1) is 15.8. The quantitative estimate of drug-likeness (QED) is 0.876. The van der Waals surface area contributed by atoms with Gasteiger partial charge in [-0.15, -0.1) is 0 Å². The molecule has 1 amide bonds. The van der Waals surface area contributed by atoms with Crippen molar-refractivity contribution < 1.29 is 4.79 Å². The highest BCUT2D eigenvalue weighted by molar-refractivity contribution is 7.08. The minimum atomic E-state index is -0.0993. The van der Waals surface area contributed by atoms with Crippen LogP contribution in [0.2, 0.25) is 0 Å². The van der Waals surface area contributed by atoms with Crippen LogP contribution in [0.1, 0.15) is 5.56 Å². The molecule has 2 heterocycles. The minimum Gasteiger partial charge on any atom is -0.367 e. The standard InChI is InChI=1S/C18H21N3OS/c1-20-9-11-21(12-10-20)17-5-3-2-4-16(17)19-18(22)7-6-15-8-13-23-14-15/h2-8,13-14H,9-12H2,1H3,(H,19,22). The van der Waals surface area contributed by atoms with Crippen LogP contribution in [0.25, 0.3) is 6.08 Å². The minimum absolute atomic E-state index is 0.0993. The maximum atomic E-state index is 12.2. The van der Waals surface area contributed by atoms with Gasteiger partial charge in [0, 0.05) is 32.3 Å². The Labute approximate surface area is 141 Å². The third kappa shape index (κ3) is 4.21. The molecule has 0 atom stereocenters. The van der Waals surface area contributed by atoms with Gasteiger partial charge in [0.1, 0.15) is 0 Å². The number of rotatable bonds is 4. The van der Waals surface area contributed by atoms with Gasteiger partial charge in [-0.05, 0) is 47.6 Å². The number of carbonyl (C=O) groups excluding carboxylic acids is 1. The molecule has 0 bridgehead atoms. The number of thiophene rings is 1. The molecule has 1 fully saturated rings. The van der Waals surface area contributed by atoms with E-state index in [2.05, 4.69) is 28.2 Å². The number of piperazine rings is 1. The maximum absolute atomic E-state index is 12.2. The summed E-state index contributed by atoms with van der Waals surface area (Å²) in [4.78, 5) is 16.8. The lowest BCUT2D eigenvalue weighted by molar-refractivity contribution is -0.111. The van der Waals surface area contributed by atoms with Crippen molar-refractivity contribution in [1.82, 2.24) is 4.90 Å². The van der Waals surface area contributed by atoms with Crippen LogP contribution < -0.4 is 10.2 Å². The molecule has 2 aromatic rings. The Bertz CT molecular complexity index is 673. The highest BCUT2D eigenvalue weighted by Gasteiger charge is 2.17. The van der Waals surface area contributed by atoms with Crippen LogP contribution in [0.4, 0.5) is 11.4 Å². The van der Waals surface area contributed by atoms with Crippen molar-refractivity contribution in [3.63, 3.8) is 0 Å². The van der Waals surface area contributed by atoms with Gasteiger partial charge in [-0.25, -0.2) is 0 Å². The van der Waals surface area contributed by atoms with Gasteiger partial charge in [-0.2, -0.15) is 11.3 Å². The van der Waals surface area contributed by atoms with E-state index in [4.69, 9.17) is 0 Å². The summed E-state index contributed by atoms with van der Waals surface area (Å²) in [5.41, 5.74) is 3.02. The Morgan fingerprint density at radius 2 is 1.96 bits per heavy atom. The number of amides is 1. The largest absolute Gasteiger partial charge is 0.367 e. The SMILES string of the molecule is CN1CCN(c2ccccc2NC(=O)C=Cc2ccsc2)CC1. The first-order valence-corrected chi connectivity index (χ1v) is 8.70. The number of benzene rings is 1. The number of carbonyl (C=O) groups is 1. The summed E-state index contributed by atoms with van der Waals surface area (Å²) in [6.07, 6.45) is 3.42. The van der Waals surface area contributed by atoms with Crippen LogP contribution in [-0.2, 0) is 4.79 Å². The molecule has 1 aliphatic heterocycles. The summed E-state index contributed by atoms with van der Waals surface area (Å²) < 4.78 is 0. The Morgan fingerprint density at radius 1 is 1.17 bits per heavy atom. The number of anilines is 2. The molecule has 3 rings (SSSR count).